The molecule has 1 N–H and O–H groups in total. The number of rotatable bonds is 5. The number of nitrogens with one attached hydrogen (secondary N) is 1. The lowest BCUT2D eigenvalue weighted by Gasteiger charge is -2.23. The Labute approximate surface area is 102 Å². The zero-order valence-electron chi connectivity index (χ0n) is 10.6. The molecule has 0 spiro atoms. The summed E-state index contributed by atoms with van der Waals surface area (Å²) in [5, 5.41) is 7.80. The van der Waals surface area contributed by atoms with Crippen molar-refractivity contribution >= 4 is 0 Å². The average Bonchev–Trinajstić information content (AvgIpc) is 2.72. The molecule has 0 bridgehead atoms. The van der Waals surface area contributed by atoms with Crippen LogP contribution in [-0.2, 0) is 29.5 Å². The van der Waals surface area contributed by atoms with E-state index in [-0.39, 0.29) is 6.10 Å². The molecule has 0 amide bonds. The van der Waals surface area contributed by atoms with Gasteiger partial charge in [-0.05, 0) is 12.5 Å². The van der Waals surface area contributed by atoms with E-state index < -0.39 is 0 Å². The number of nitrogens with zero attached hydrogens (tertiary/aromatic N) is 2. The highest BCUT2D eigenvalue weighted by molar-refractivity contribution is 5.09. The second-order valence-electron chi connectivity index (χ2n) is 4.30. The van der Waals surface area contributed by atoms with Gasteiger partial charge in [0.05, 0.1) is 37.3 Å². The van der Waals surface area contributed by atoms with E-state index in [1.807, 2.05) is 11.7 Å². The van der Waals surface area contributed by atoms with Crippen LogP contribution in [-0.4, -0.2) is 42.2 Å². The molecule has 1 aliphatic rings. The summed E-state index contributed by atoms with van der Waals surface area (Å²) < 4.78 is 12.8. The molecule has 2 rings (SSSR count). The van der Waals surface area contributed by atoms with Crippen molar-refractivity contribution in [2.24, 2.45) is 7.05 Å². The van der Waals surface area contributed by atoms with Gasteiger partial charge in [0.15, 0.2) is 0 Å². The van der Waals surface area contributed by atoms with Crippen LogP contribution in [0.15, 0.2) is 6.07 Å². The van der Waals surface area contributed by atoms with E-state index >= 15 is 0 Å². The van der Waals surface area contributed by atoms with Gasteiger partial charge in [-0.1, -0.05) is 6.92 Å². The minimum atomic E-state index is 0.183. The molecule has 1 unspecified atom stereocenters. The van der Waals surface area contributed by atoms with Gasteiger partial charge in [-0.3, -0.25) is 4.68 Å². The van der Waals surface area contributed by atoms with E-state index in [0.29, 0.717) is 13.2 Å². The predicted molar refractivity (Wildman–Crippen MR) is 64.9 cm³/mol. The summed E-state index contributed by atoms with van der Waals surface area (Å²) in [6.45, 7) is 5.89. The first-order valence-electron chi connectivity index (χ1n) is 6.21. The maximum atomic E-state index is 5.56. The fourth-order valence-corrected chi connectivity index (χ4v) is 1.93. The molecule has 96 valence electrons. The van der Waals surface area contributed by atoms with Crippen molar-refractivity contribution in [1.82, 2.24) is 15.1 Å². The highest BCUT2D eigenvalue weighted by Crippen LogP contribution is 2.04. The number of aromatic nitrogens is 2. The van der Waals surface area contributed by atoms with E-state index in [0.717, 1.165) is 31.8 Å². The lowest BCUT2D eigenvalue weighted by Crippen LogP contribution is -2.37. The normalized spacial score (nSPS) is 20.7. The largest absolute Gasteiger partial charge is 0.376 e. The van der Waals surface area contributed by atoms with Crippen LogP contribution in [0.1, 0.15) is 18.3 Å². The third-order valence-electron chi connectivity index (χ3n) is 2.95. The van der Waals surface area contributed by atoms with Crippen LogP contribution in [0.4, 0.5) is 0 Å². The lowest BCUT2D eigenvalue weighted by atomic mass is 10.3. The van der Waals surface area contributed by atoms with Crippen molar-refractivity contribution in [1.29, 1.82) is 0 Å². The van der Waals surface area contributed by atoms with Gasteiger partial charge < -0.3 is 14.8 Å². The van der Waals surface area contributed by atoms with Gasteiger partial charge in [-0.15, -0.1) is 0 Å². The number of hydrogen-bond acceptors (Lipinski definition) is 4. The third kappa shape index (κ3) is 3.52. The van der Waals surface area contributed by atoms with Crippen LogP contribution < -0.4 is 5.32 Å². The van der Waals surface area contributed by atoms with Gasteiger partial charge in [0, 0.05) is 20.1 Å². The maximum absolute atomic E-state index is 5.56. The van der Waals surface area contributed by atoms with E-state index in [1.54, 1.807) is 0 Å². The van der Waals surface area contributed by atoms with Crippen molar-refractivity contribution in [3.05, 3.63) is 17.5 Å². The number of hydrogen-bond donors (Lipinski definition) is 1. The first-order valence-corrected chi connectivity index (χ1v) is 6.21. The molecular weight excluding hydrogens is 218 g/mol. The fourth-order valence-electron chi connectivity index (χ4n) is 1.93. The molecule has 0 saturated carbocycles. The lowest BCUT2D eigenvalue weighted by molar-refractivity contribution is -0.0864. The number of aryl methyl sites for hydroxylation is 2. The summed E-state index contributed by atoms with van der Waals surface area (Å²) in [4.78, 5) is 0. The second kappa shape index (κ2) is 6.14. The Hall–Kier alpha value is -0.910. The van der Waals surface area contributed by atoms with Gasteiger partial charge in [0.1, 0.15) is 0 Å². The van der Waals surface area contributed by atoms with Gasteiger partial charge in [-0.2, -0.15) is 5.10 Å². The van der Waals surface area contributed by atoms with Gasteiger partial charge in [-0.25, -0.2) is 0 Å². The highest BCUT2D eigenvalue weighted by Gasteiger charge is 2.13. The molecule has 1 atom stereocenters. The van der Waals surface area contributed by atoms with Crippen molar-refractivity contribution in [2.75, 3.05) is 26.4 Å². The molecule has 1 saturated heterocycles. The minimum absolute atomic E-state index is 0.183. The van der Waals surface area contributed by atoms with Crippen LogP contribution in [0.3, 0.4) is 0 Å². The van der Waals surface area contributed by atoms with Crippen LogP contribution in [0.5, 0.6) is 0 Å². The Balaban J connectivity index is 1.75. The smallest absolute Gasteiger partial charge is 0.0933 e. The summed E-state index contributed by atoms with van der Waals surface area (Å²) in [7, 11) is 1.98. The molecule has 1 aromatic heterocycles. The molecule has 0 aliphatic carbocycles. The first-order chi connectivity index (χ1) is 8.29. The summed E-state index contributed by atoms with van der Waals surface area (Å²) >= 11 is 0. The summed E-state index contributed by atoms with van der Waals surface area (Å²) in [5.74, 6) is 0. The minimum Gasteiger partial charge on any atom is -0.376 e. The van der Waals surface area contributed by atoms with Crippen molar-refractivity contribution in [2.45, 2.75) is 26.0 Å². The molecule has 2 heterocycles. The van der Waals surface area contributed by atoms with Gasteiger partial charge >= 0.3 is 0 Å². The monoisotopic (exact) mass is 239 g/mol. The zero-order chi connectivity index (χ0) is 12.1. The topological polar surface area (TPSA) is 48.3 Å². The summed E-state index contributed by atoms with van der Waals surface area (Å²) in [5.41, 5.74) is 2.35. The Morgan fingerprint density at radius 1 is 1.53 bits per heavy atom. The highest BCUT2D eigenvalue weighted by atomic mass is 16.6. The molecule has 1 fully saturated rings. The van der Waals surface area contributed by atoms with E-state index in [9.17, 15) is 0 Å². The fraction of sp³-hybridized carbons (Fsp3) is 0.750. The summed E-state index contributed by atoms with van der Waals surface area (Å²) in [6.07, 6.45) is 1.16. The van der Waals surface area contributed by atoms with E-state index in [4.69, 9.17) is 9.47 Å². The number of ether oxygens (including phenoxy) is 2. The molecular formula is C12H21N3O2. The molecule has 17 heavy (non-hydrogen) atoms. The second-order valence-corrected chi connectivity index (χ2v) is 4.30. The third-order valence-corrected chi connectivity index (χ3v) is 2.95. The molecule has 5 nitrogen and oxygen atoms in total. The maximum Gasteiger partial charge on any atom is 0.0933 e. The van der Waals surface area contributed by atoms with Crippen LogP contribution in [0, 0.1) is 0 Å². The van der Waals surface area contributed by atoms with Crippen molar-refractivity contribution in [3.63, 3.8) is 0 Å². The van der Waals surface area contributed by atoms with Crippen LogP contribution >= 0.6 is 0 Å². The van der Waals surface area contributed by atoms with Gasteiger partial charge in [0.25, 0.3) is 0 Å². The average molecular weight is 239 g/mol. The Morgan fingerprint density at radius 2 is 2.41 bits per heavy atom. The van der Waals surface area contributed by atoms with Crippen LogP contribution in [0.2, 0.25) is 0 Å². The first kappa shape index (κ1) is 12.5. The summed E-state index contributed by atoms with van der Waals surface area (Å²) in [6, 6.07) is 2.14. The SMILES string of the molecule is CCc1cc(CNCC2COCCO2)n(C)n1. The predicted octanol–water partition coefficient (Wildman–Crippen LogP) is 0.488. The molecule has 0 radical (unpaired) electrons. The molecule has 1 aliphatic heterocycles. The van der Waals surface area contributed by atoms with Gasteiger partial charge in [0.2, 0.25) is 0 Å². The Morgan fingerprint density at radius 3 is 3.06 bits per heavy atom. The zero-order valence-corrected chi connectivity index (χ0v) is 10.6. The van der Waals surface area contributed by atoms with Crippen molar-refractivity contribution in [3.8, 4) is 0 Å². The van der Waals surface area contributed by atoms with Crippen LogP contribution in [0.25, 0.3) is 0 Å². The van der Waals surface area contributed by atoms with E-state index in [2.05, 4.69) is 23.4 Å². The Bertz CT molecular complexity index is 346. The standard InChI is InChI=1S/C12H21N3O2/c1-3-10-6-11(15(2)14-10)7-13-8-12-9-16-4-5-17-12/h6,12-13H,3-5,7-9H2,1-2H3. The quantitative estimate of drug-likeness (QED) is 0.812. The molecule has 1 aromatic rings. The Kier molecular flexibility index (Phi) is 4.53. The molecule has 5 heteroatoms. The molecule has 0 aromatic carbocycles. The van der Waals surface area contributed by atoms with Crippen molar-refractivity contribution < 1.29 is 9.47 Å². The van der Waals surface area contributed by atoms with E-state index in [1.165, 1.54) is 5.69 Å².